The summed E-state index contributed by atoms with van der Waals surface area (Å²) < 4.78 is 5.14. The molecule has 0 unspecified atom stereocenters. The van der Waals surface area contributed by atoms with E-state index in [9.17, 15) is 19.2 Å². The smallest absolute Gasteiger partial charge is 0.411 e. The Morgan fingerprint density at radius 1 is 1.35 bits per heavy atom. The van der Waals surface area contributed by atoms with Gasteiger partial charge in [-0.2, -0.15) is 0 Å². The number of carbonyl (C=O) groups is 4. The summed E-state index contributed by atoms with van der Waals surface area (Å²) >= 11 is 0. The van der Waals surface area contributed by atoms with Crippen molar-refractivity contribution in [3.8, 4) is 0 Å². The lowest BCUT2D eigenvalue weighted by atomic mass is 10.2. The molecule has 0 aliphatic carbocycles. The average molecular weight is 329 g/mol. The number of ether oxygens (including phenoxy) is 1. The Morgan fingerprint density at radius 2 is 1.91 bits per heavy atom. The number of nitrogens with two attached hydrogens (primary N) is 1. The molecular weight excluding hydrogens is 306 g/mol. The van der Waals surface area contributed by atoms with E-state index in [-0.39, 0.29) is 6.54 Å². The fourth-order valence-corrected chi connectivity index (χ4v) is 1.50. The van der Waals surface area contributed by atoms with E-state index >= 15 is 0 Å². The van der Waals surface area contributed by atoms with Gasteiger partial charge in [0, 0.05) is 6.54 Å². The van der Waals surface area contributed by atoms with E-state index in [0.717, 1.165) is 4.90 Å². The molecule has 4 N–H and O–H groups in total. The molecule has 0 aliphatic heterocycles. The molecule has 0 saturated heterocycles. The molecular formula is C14H23N3O6. The molecule has 0 heterocycles. The number of hydrogen-bond donors (Lipinski definition) is 3. The van der Waals surface area contributed by atoms with Crippen LogP contribution < -0.4 is 11.1 Å². The van der Waals surface area contributed by atoms with Crippen molar-refractivity contribution in [2.75, 3.05) is 13.1 Å². The van der Waals surface area contributed by atoms with Gasteiger partial charge in [-0.15, -0.1) is 6.58 Å². The van der Waals surface area contributed by atoms with Crippen LogP contribution in [-0.2, 0) is 19.1 Å². The second-order valence-electron chi connectivity index (χ2n) is 5.78. The lowest BCUT2D eigenvalue weighted by Crippen LogP contribution is -2.49. The highest BCUT2D eigenvalue weighted by Crippen LogP contribution is 2.10. The summed E-state index contributed by atoms with van der Waals surface area (Å²) in [6.45, 7) is 8.09. The predicted molar refractivity (Wildman–Crippen MR) is 81.4 cm³/mol. The number of carboxylic acids is 1. The van der Waals surface area contributed by atoms with Crippen molar-refractivity contribution in [1.29, 1.82) is 0 Å². The van der Waals surface area contributed by atoms with E-state index in [1.54, 1.807) is 20.8 Å². The second-order valence-corrected chi connectivity index (χ2v) is 5.78. The molecule has 0 fully saturated rings. The summed E-state index contributed by atoms with van der Waals surface area (Å²) in [5.74, 6) is -3.02. The Kier molecular flexibility index (Phi) is 7.78. The Balaban J connectivity index is 4.83. The van der Waals surface area contributed by atoms with Gasteiger partial charge in [0.1, 0.15) is 18.2 Å². The first-order chi connectivity index (χ1) is 10.5. The molecule has 0 radical (unpaired) electrons. The van der Waals surface area contributed by atoms with E-state index in [0.29, 0.717) is 0 Å². The fourth-order valence-electron chi connectivity index (χ4n) is 1.50. The van der Waals surface area contributed by atoms with Gasteiger partial charge >= 0.3 is 12.1 Å². The van der Waals surface area contributed by atoms with Crippen LogP contribution in [0.3, 0.4) is 0 Å². The number of nitrogens with zero attached hydrogens (tertiary/aromatic N) is 1. The van der Waals surface area contributed by atoms with Crippen molar-refractivity contribution in [2.24, 2.45) is 5.73 Å². The average Bonchev–Trinajstić information content (AvgIpc) is 2.34. The normalized spacial score (nSPS) is 12.0. The second kappa shape index (κ2) is 8.76. The predicted octanol–water partition coefficient (Wildman–Crippen LogP) is -0.146. The van der Waals surface area contributed by atoms with Gasteiger partial charge in [0.25, 0.3) is 0 Å². The standard InChI is InChI=1S/C14H23N3O6/c1-5-6-17(13(22)23-14(2,3)4)8-11(19)16-9(12(20)21)7-10(15)18/h5,9H,1,6-8H2,2-4H3,(H2,15,18)(H,16,19)(H,20,21)/t9-/m0/s1. The number of rotatable bonds is 8. The summed E-state index contributed by atoms with van der Waals surface area (Å²) in [6, 6.07) is -1.45. The van der Waals surface area contributed by atoms with Gasteiger partial charge in [0.15, 0.2) is 0 Å². The van der Waals surface area contributed by atoms with Gasteiger partial charge in [-0.1, -0.05) is 6.08 Å². The lowest BCUT2D eigenvalue weighted by Gasteiger charge is -2.26. The van der Waals surface area contributed by atoms with Gasteiger partial charge in [-0.25, -0.2) is 9.59 Å². The third-order valence-corrected chi connectivity index (χ3v) is 2.37. The van der Waals surface area contributed by atoms with Gasteiger partial charge in [-0.3, -0.25) is 14.5 Å². The Bertz CT molecular complexity index is 483. The van der Waals surface area contributed by atoms with Crippen LogP contribution >= 0.6 is 0 Å². The number of amides is 3. The largest absolute Gasteiger partial charge is 0.480 e. The maximum Gasteiger partial charge on any atom is 0.411 e. The topological polar surface area (TPSA) is 139 Å². The summed E-state index contributed by atoms with van der Waals surface area (Å²) in [6.07, 6.45) is 0.110. The van der Waals surface area contributed by atoms with Crippen molar-refractivity contribution in [1.82, 2.24) is 10.2 Å². The van der Waals surface area contributed by atoms with Gasteiger partial charge < -0.3 is 20.9 Å². The van der Waals surface area contributed by atoms with Crippen LogP contribution in [0.25, 0.3) is 0 Å². The van der Waals surface area contributed by atoms with Crippen molar-refractivity contribution in [2.45, 2.75) is 38.8 Å². The molecule has 1 atom stereocenters. The van der Waals surface area contributed by atoms with E-state index in [2.05, 4.69) is 11.9 Å². The highest BCUT2D eigenvalue weighted by atomic mass is 16.6. The third-order valence-electron chi connectivity index (χ3n) is 2.37. The SMILES string of the molecule is C=CCN(CC(=O)N[C@@H](CC(N)=O)C(=O)O)C(=O)OC(C)(C)C. The highest BCUT2D eigenvalue weighted by Gasteiger charge is 2.26. The first kappa shape index (κ1) is 20.4. The highest BCUT2D eigenvalue weighted by molar-refractivity contribution is 5.89. The van der Waals surface area contributed by atoms with Gasteiger partial charge in [0.05, 0.1) is 6.42 Å². The van der Waals surface area contributed by atoms with E-state index in [1.165, 1.54) is 6.08 Å². The summed E-state index contributed by atoms with van der Waals surface area (Å²) in [4.78, 5) is 46.7. The molecule has 0 aliphatic rings. The zero-order chi connectivity index (χ0) is 18.2. The molecule has 0 spiro atoms. The Morgan fingerprint density at radius 3 is 2.30 bits per heavy atom. The van der Waals surface area contributed by atoms with Crippen LogP contribution in [-0.4, -0.2) is 58.6 Å². The number of aliphatic carboxylic acids is 1. The van der Waals surface area contributed by atoms with Crippen LogP contribution in [0.15, 0.2) is 12.7 Å². The zero-order valence-electron chi connectivity index (χ0n) is 13.5. The molecule has 0 saturated carbocycles. The molecule has 0 rings (SSSR count). The van der Waals surface area contributed by atoms with Crippen molar-refractivity contribution in [3.05, 3.63) is 12.7 Å². The monoisotopic (exact) mass is 329 g/mol. The number of carboxylic acid groups (broad SMARTS) is 1. The molecule has 9 nitrogen and oxygen atoms in total. The molecule has 3 amide bonds. The Hall–Kier alpha value is -2.58. The summed E-state index contributed by atoms with van der Waals surface area (Å²) in [7, 11) is 0. The molecule has 0 aromatic heterocycles. The maximum absolute atomic E-state index is 12.0. The van der Waals surface area contributed by atoms with Crippen molar-refractivity contribution < 1.29 is 29.0 Å². The minimum atomic E-state index is -1.45. The van der Waals surface area contributed by atoms with E-state index in [1.807, 2.05) is 0 Å². The summed E-state index contributed by atoms with van der Waals surface area (Å²) in [5, 5.41) is 11.1. The minimum absolute atomic E-state index is 0.0376. The van der Waals surface area contributed by atoms with Gasteiger partial charge in [0.2, 0.25) is 11.8 Å². The molecule has 0 aromatic carbocycles. The third kappa shape index (κ3) is 9.12. The van der Waals surface area contributed by atoms with Gasteiger partial charge in [-0.05, 0) is 20.8 Å². The molecule has 0 aromatic rings. The van der Waals surface area contributed by atoms with E-state index in [4.69, 9.17) is 15.6 Å². The molecule has 9 heteroatoms. The first-order valence-corrected chi connectivity index (χ1v) is 6.85. The Labute approximate surface area is 134 Å². The zero-order valence-corrected chi connectivity index (χ0v) is 13.5. The lowest BCUT2D eigenvalue weighted by molar-refractivity contribution is -0.143. The van der Waals surface area contributed by atoms with Crippen LogP contribution in [0.1, 0.15) is 27.2 Å². The molecule has 23 heavy (non-hydrogen) atoms. The number of hydrogen-bond acceptors (Lipinski definition) is 5. The van der Waals surface area contributed by atoms with Crippen molar-refractivity contribution in [3.63, 3.8) is 0 Å². The van der Waals surface area contributed by atoms with Crippen molar-refractivity contribution >= 4 is 23.9 Å². The molecule has 130 valence electrons. The van der Waals surface area contributed by atoms with Crippen LogP contribution in [0.5, 0.6) is 0 Å². The number of primary amides is 1. The first-order valence-electron chi connectivity index (χ1n) is 6.85. The maximum atomic E-state index is 12.0. The quantitative estimate of drug-likeness (QED) is 0.529. The van der Waals surface area contributed by atoms with Crippen LogP contribution in [0.4, 0.5) is 4.79 Å². The minimum Gasteiger partial charge on any atom is -0.480 e. The van der Waals surface area contributed by atoms with Crippen LogP contribution in [0.2, 0.25) is 0 Å². The molecule has 0 bridgehead atoms. The van der Waals surface area contributed by atoms with E-state index < -0.39 is 48.5 Å². The summed E-state index contributed by atoms with van der Waals surface area (Å²) in [5.41, 5.74) is 4.17. The number of carbonyl (C=O) groups excluding carboxylic acids is 3. The number of nitrogens with one attached hydrogen (secondary N) is 1. The van der Waals surface area contributed by atoms with Crippen LogP contribution in [0, 0.1) is 0 Å². The fraction of sp³-hybridized carbons (Fsp3) is 0.571.